The van der Waals surface area contributed by atoms with Gasteiger partial charge in [-0.2, -0.15) is 0 Å². The molecule has 4 rings (SSSR count). The molecule has 0 saturated heterocycles. The highest BCUT2D eigenvalue weighted by Gasteiger charge is 2.20. The normalized spacial score (nSPS) is 10.9. The summed E-state index contributed by atoms with van der Waals surface area (Å²) in [4.78, 5) is 30.1. The van der Waals surface area contributed by atoms with Crippen LogP contribution in [0.3, 0.4) is 0 Å². The molecule has 7 heteroatoms. The SMILES string of the molecule is O=C(Nc1ccccc1)/C(=C\c1cccnc1Cl)C(=O)Nc1ccc(Oc2ccccc2)cc1. The van der Waals surface area contributed by atoms with Gasteiger partial charge in [0.1, 0.15) is 22.2 Å². The van der Waals surface area contributed by atoms with E-state index < -0.39 is 11.8 Å². The molecule has 1 heterocycles. The molecule has 4 aromatic rings. The van der Waals surface area contributed by atoms with Crippen LogP contribution in [0.5, 0.6) is 11.5 Å². The fraction of sp³-hybridized carbons (Fsp3) is 0. The molecule has 0 spiro atoms. The highest BCUT2D eigenvalue weighted by molar-refractivity contribution is 6.32. The molecule has 0 unspecified atom stereocenters. The molecule has 0 saturated carbocycles. The zero-order valence-electron chi connectivity index (χ0n) is 17.9. The first-order valence-corrected chi connectivity index (χ1v) is 10.8. The van der Waals surface area contributed by atoms with Crippen molar-refractivity contribution in [3.8, 4) is 11.5 Å². The molecule has 0 aliphatic carbocycles. The van der Waals surface area contributed by atoms with Gasteiger partial charge >= 0.3 is 0 Å². The van der Waals surface area contributed by atoms with Crippen molar-refractivity contribution in [2.45, 2.75) is 0 Å². The Labute approximate surface area is 201 Å². The number of rotatable bonds is 7. The Morgan fingerprint density at radius 1 is 0.706 bits per heavy atom. The van der Waals surface area contributed by atoms with E-state index in [2.05, 4.69) is 15.6 Å². The van der Waals surface area contributed by atoms with E-state index in [0.717, 1.165) is 0 Å². The number of para-hydroxylation sites is 2. The first kappa shape index (κ1) is 22.8. The quantitative estimate of drug-likeness (QED) is 0.146. The van der Waals surface area contributed by atoms with Gasteiger partial charge in [0, 0.05) is 23.1 Å². The second kappa shape index (κ2) is 10.9. The second-order valence-electron chi connectivity index (χ2n) is 7.16. The standard InChI is InChI=1S/C27H20ClN3O3/c28-25-19(8-7-17-29-25)18-24(26(32)30-20-9-3-1-4-10-20)27(33)31-21-13-15-23(16-14-21)34-22-11-5-2-6-12-22/h1-18H,(H,30,32)(H,31,33)/b24-18+. The van der Waals surface area contributed by atoms with Gasteiger partial charge in [0.15, 0.2) is 0 Å². The fourth-order valence-electron chi connectivity index (χ4n) is 3.05. The van der Waals surface area contributed by atoms with Gasteiger partial charge in [0.2, 0.25) is 0 Å². The number of carbonyl (C=O) groups is 2. The van der Waals surface area contributed by atoms with E-state index in [0.29, 0.717) is 28.4 Å². The summed E-state index contributed by atoms with van der Waals surface area (Å²) in [6, 6.07) is 28.4. The number of hydrogen-bond acceptors (Lipinski definition) is 4. The Bertz CT molecular complexity index is 1310. The van der Waals surface area contributed by atoms with E-state index in [1.54, 1.807) is 60.7 Å². The van der Waals surface area contributed by atoms with Crippen molar-refractivity contribution in [1.29, 1.82) is 0 Å². The maximum Gasteiger partial charge on any atom is 0.261 e. The van der Waals surface area contributed by atoms with Gasteiger partial charge in [-0.3, -0.25) is 9.59 Å². The van der Waals surface area contributed by atoms with Crippen LogP contribution in [-0.2, 0) is 9.59 Å². The Hall–Kier alpha value is -4.42. The monoisotopic (exact) mass is 469 g/mol. The molecule has 0 atom stereocenters. The molecule has 1 aromatic heterocycles. The molecule has 2 amide bonds. The van der Waals surface area contributed by atoms with Crippen molar-refractivity contribution in [2.75, 3.05) is 10.6 Å². The minimum atomic E-state index is -0.593. The van der Waals surface area contributed by atoms with Gasteiger partial charge in [-0.15, -0.1) is 0 Å². The van der Waals surface area contributed by atoms with Crippen LogP contribution in [0, 0.1) is 0 Å². The average Bonchev–Trinajstić information content (AvgIpc) is 2.86. The predicted molar refractivity (Wildman–Crippen MR) is 134 cm³/mol. The summed E-state index contributed by atoms with van der Waals surface area (Å²) < 4.78 is 5.77. The summed E-state index contributed by atoms with van der Waals surface area (Å²) in [5.41, 5.74) is 1.39. The number of hydrogen-bond donors (Lipinski definition) is 2. The number of carbonyl (C=O) groups excluding carboxylic acids is 2. The number of ether oxygens (including phenoxy) is 1. The summed E-state index contributed by atoms with van der Waals surface area (Å²) in [6.07, 6.45) is 2.94. The van der Waals surface area contributed by atoms with Crippen LogP contribution >= 0.6 is 11.6 Å². The zero-order chi connectivity index (χ0) is 23.8. The molecule has 3 aromatic carbocycles. The molecule has 168 valence electrons. The summed E-state index contributed by atoms with van der Waals surface area (Å²) in [7, 11) is 0. The molecular weight excluding hydrogens is 450 g/mol. The molecule has 6 nitrogen and oxygen atoms in total. The number of amides is 2. The van der Waals surface area contributed by atoms with Crippen LogP contribution in [0.15, 0.2) is 109 Å². The molecule has 2 N–H and O–H groups in total. The van der Waals surface area contributed by atoms with Crippen LogP contribution in [0.4, 0.5) is 11.4 Å². The van der Waals surface area contributed by atoms with E-state index in [9.17, 15) is 9.59 Å². The van der Waals surface area contributed by atoms with E-state index in [4.69, 9.17) is 16.3 Å². The van der Waals surface area contributed by atoms with Gasteiger partial charge in [-0.05, 0) is 60.7 Å². The van der Waals surface area contributed by atoms with Crippen molar-refractivity contribution >= 4 is 40.9 Å². The van der Waals surface area contributed by atoms with Crippen LogP contribution in [0.25, 0.3) is 6.08 Å². The van der Waals surface area contributed by atoms with Crippen molar-refractivity contribution in [2.24, 2.45) is 0 Å². The number of pyridine rings is 1. The van der Waals surface area contributed by atoms with Crippen LogP contribution in [-0.4, -0.2) is 16.8 Å². The Morgan fingerprint density at radius 2 is 1.26 bits per heavy atom. The van der Waals surface area contributed by atoms with Gasteiger partial charge in [0.25, 0.3) is 11.8 Å². The highest BCUT2D eigenvalue weighted by atomic mass is 35.5. The molecule has 0 radical (unpaired) electrons. The molecule has 34 heavy (non-hydrogen) atoms. The average molecular weight is 470 g/mol. The van der Waals surface area contributed by atoms with E-state index in [1.165, 1.54) is 12.3 Å². The smallest absolute Gasteiger partial charge is 0.261 e. The van der Waals surface area contributed by atoms with E-state index in [1.807, 2.05) is 36.4 Å². The topological polar surface area (TPSA) is 80.3 Å². The predicted octanol–water partition coefficient (Wildman–Crippen LogP) is 6.19. The van der Waals surface area contributed by atoms with E-state index in [-0.39, 0.29) is 10.7 Å². The number of halogens is 1. The minimum Gasteiger partial charge on any atom is -0.457 e. The van der Waals surface area contributed by atoms with Crippen molar-refractivity contribution < 1.29 is 14.3 Å². The van der Waals surface area contributed by atoms with Crippen LogP contribution in [0.1, 0.15) is 5.56 Å². The molecule has 0 fully saturated rings. The molecule has 0 aliphatic heterocycles. The summed E-state index contributed by atoms with van der Waals surface area (Å²) in [5.74, 6) is 0.150. The molecular formula is C27H20ClN3O3. The lowest BCUT2D eigenvalue weighted by Gasteiger charge is -2.11. The summed E-state index contributed by atoms with van der Waals surface area (Å²) in [6.45, 7) is 0. The summed E-state index contributed by atoms with van der Waals surface area (Å²) in [5, 5.41) is 5.67. The Morgan fingerprint density at radius 3 is 1.88 bits per heavy atom. The Kier molecular flexibility index (Phi) is 7.32. The number of aromatic nitrogens is 1. The van der Waals surface area contributed by atoms with Crippen molar-refractivity contribution in [3.63, 3.8) is 0 Å². The van der Waals surface area contributed by atoms with Gasteiger partial charge in [-0.1, -0.05) is 54.1 Å². The van der Waals surface area contributed by atoms with Crippen LogP contribution in [0.2, 0.25) is 5.15 Å². The Balaban J connectivity index is 1.54. The lowest BCUT2D eigenvalue weighted by molar-refractivity contribution is -0.118. The second-order valence-corrected chi connectivity index (χ2v) is 7.51. The lowest BCUT2D eigenvalue weighted by Crippen LogP contribution is -2.25. The largest absolute Gasteiger partial charge is 0.457 e. The maximum atomic E-state index is 13.1. The van der Waals surface area contributed by atoms with Gasteiger partial charge < -0.3 is 15.4 Å². The number of nitrogens with zero attached hydrogens (tertiary/aromatic N) is 1. The third-order valence-electron chi connectivity index (χ3n) is 4.70. The third kappa shape index (κ3) is 6.09. The molecule has 0 bridgehead atoms. The first-order chi connectivity index (χ1) is 16.6. The van der Waals surface area contributed by atoms with E-state index >= 15 is 0 Å². The fourth-order valence-corrected chi connectivity index (χ4v) is 3.22. The zero-order valence-corrected chi connectivity index (χ0v) is 18.7. The van der Waals surface area contributed by atoms with Crippen molar-refractivity contribution in [3.05, 3.63) is 120 Å². The number of anilines is 2. The number of benzene rings is 3. The third-order valence-corrected chi connectivity index (χ3v) is 5.02. The lowest BCUT2D eigenvalue weighted by atomic mass is 10.1. The summed E-state index contributed by atoms with van der Waals surface area (Å²) >= 11 is 6.15. The van der Waals surface area contributed by atoms with Gasteiger partial charge in [-0.25, -0.2) is 4.98 Å². The first-order valence-electron chi connectivity index (χ1n) is 10.4. The number of nitrogens with one attached hydrogen (secondary N) is 2. The maximum absolute atomic E-state index is 13.1. The van der Waals surface area contributed by atoms with Crippen LogP contribution < -0.4 is 15.4 Å². The minimum absolute atomic E-state index is 0.122. The van der Waals surface area contributed by atoms with Gasteiger partial charge in [0.05, 0.1) is 0 Å². The van der Waals surface area contributed by atoms with Crippen molar-refractivity contribution in [1.82, 2.24) is 4.98 Å². The molecule has 0 aliphatic rings. The highest BCUT2D eigenvalue weighted by Crippen LogP contribution is 2.23.